The van der Waals surface area contributed by atoms with E-state index in [2.05, 4.69) is 10.6 Å². The fraction of sp³-hybridized carbons (Fsp3) is 0.130. The topological polar surface area (TPSA) is 76.7 Å². The highest BCUT2D eigenvalue weighted by molar-refractivity contribution is 6.01. The van der Waals surface area contributed by atoms with Crippen LogP contribution in [0.3, 0.4) is 0 Å². The van der Waals surface area contributed by atoms with E-state index in [0.29, 0.717) is 22.9 Å². The zero-order chi connectivity index (χ0) is 20.2. The predicted molar refractivity (Wildman–Crippen MR) is 110 cm³/mol. The van der Waals surface area contributed by atoms with E-state index in [1.54, 1.807) is 36.4 Å². The van der Waals surface area contributed by atoms with Gasteiger partial charge in [-0.15, -0.1) is 0 Å². The lowest BCUT2D eigenvalue weighted by atomic mass is 10.1. The number of anilines is 2. The van der Waals surface area contributed by atoms with Crippen molar-refractivity contribution in [3.8, 4) is 17.2 Å². The summed E-state index contributed by atoms with van der Waals surface area (Å²) in [5, 5.41) is 5.53. The molecular formula is C23H20N2O4. The van der Waals surface area contributed by atoms with Crippen molar-refractivity contribution in [1.82, 2.24) is 0 Å². The summed E-state index contributed by atoms with van der Waals surface area (Å²) >= 11 is 0. The van der Waals surface area contributed by atoms with Crippen LogP contribution in [0.15, 0.2) is 72.8 Å². The Morgan fingerprint density at radius 3 is 2.62 bits per heavy atom. The molecule has 0 bridgehead atoms. The van der Waals surface area contributed by atoms with E-state index < -0.39 is 6.10 Å². The van der Waals surface area contributed by atoms with E-state index in [1.807, 2.05) is 43.3 Å². The minimum Gasteiger partial charge on any atom is -0.478 e. The van der Waals surface area contributed by atoms with E-state index >= 15 is 0 Å². The lowest BCUT2D eigenvalue weighted by Crippen LogP contribution is -2.39. The Morgan fingerprint density at radius 2 is 1.83 bits per heavy atom. The molecule has 3 aromatic rings. The Morgan fingerprint density at radius 1 is 1.03 bits per heavy atom. The number of ether oxygens (including phenoxy) is 2. The highest BCUT2D eigenvalue weighted by Crippen LogP contribution is 2.30. The quantitative estimate of drug-likeness (QED) is 0.674. The predicted octanol–water partition coefficient (Wildman–Crippen LogP) is 4.52. The highest BCUT2D eigenvalue weighted by atomic mass is 16.5. The maximum atomic E-state index is 12.3. The van der Waals surface area contributed by atoms with Crippen LogP contribution in [0.25, 0.3) is 0 Å². The van der Waals surface area contributed by atoms with Crippen LogP contribution in [-0.4, -0.2) is 17.9 Å². The summed E-state index contributed by atoms with van der Waals surface area (Å²) in [6.45, 7) is 2.00. The van der Waals surface area contributed by atoms with Gasteiger partial charge in [0.15, 0.2) is 6.10 Å². The number of carbonyl (C=O) groups excluding carboxylic acids is 2. The van der Waals surface area contributed by atoms with Gasteiger partial charge in [-0.1, -0.05) is 24.3 Å². The van der Waals surface area contributed by atoms with Crippen LogP contribution < -0.4 is 20.1 Å². The Balaban J connectivity index is 1.34. The fourth-order valence-corrected chi connectivity index (χ4v) is 3.03. The Labute approximate surface area is 168 Å². The molecule has 0 radical (unpaired) electrons. The largest absolute Gasteiger partial charge is 0.478 e. The number of rotatable bonds is 5. The Hall–Kier alpha value is -3.80. The number of nitrogens with one attached hydrogen (secondary N) is 2. The average Bonchev–Trinajstić information content (AvgIpc) is 2.70. The van der Waals surface area contributed by atoms with Crippen LogP contribution in [0.1, 0.15) is 12.0 Å². The second-order valence-electron chi connectivity index (χ2n) is 6.79. The van der Waals surface area contributed by atoms with Crippen molar-refractivity contribution in [2.75, 3.05) is 10.6 Å². The lowest BCUT2D eigenvalue weighted by molar-refractivity contribution is -0.128. The first-order chi connectivity index (χ1) is 14.1. The molecule has 2 amide bonds. The summed E-state index contributed by atoms with van der Waals surface area (Å²) < 4.78 is 11.5. The minimum atomic E-state index is -0.867. The van der Waals surface area contributed by atoms with Gasteiger partial charge in [0, 0.05) is 5.69 Å². The van der Waals surface area contributed by atoms with Crippen molar-refractivity contribution in [3.05, 3.63) is 78.4 Å². The standard InChI is InChI=1S/C23H20N2O4/c1-15-5-4-6-18(13-15)28-17-11-9-16(10-12-17)24-22(26)14-21-23(27)25-19-7-2-3-8-20(19)29-21/h2-13,21H,14H2,1H3,(H,24,26)(H,25,27)/t21-/m1/s1. The molecule has 3 aromatic carbocycles. The molecule has 6 heteroatoms. The SMILES string of the molecule is Cc1cccc(Oc2ccc(NC(=O)C[C@H]3Oc4ccccc4NC3=O)cc2)c1. The molecule has 0 saturated heterocycles. The summed E-state index contributed by atoms with van der Waals surface area (Å²) in [5.74, 6) is 1.34. The molecule has 0 saturated carbocycles. The first-order valence-electron chi connectivity index (χ1n) is 9.28. The molecule has 2 N–H and O–H groups in total. The first-order valence-corrected chi connectivity index (χ1v) is 9.28. The number of amides is 2. The van der Waals surface area contributed by atoms with E-state index in [4.69, 9.17) is 9.47 Å². The molecule has 4 rings (SSSR count). The summed E-state index contributed by atoms with van der Waals surface area (Å²) in [6, 6.07) is 21.9. The van der Waals surface area contributed by atoms with E-state index in [-0.39, 0.29) is 18.2 Å². The van der Waals surface area contributed by atoms with Crippen molar-refractivity contribution in [3.63, 3.8) is 0 Å². The van der Waals surface area contributed by atoms with Crippen LogP contribution in [0.5, 0.6) is 17.2 Å². The number of para-hydroxylation sites is 2. The molecule has 0 aliphatic carbocycles. The van der Waals surface area contributed by atoms with E-state index in [0.717, 1.165) is 11.3 Å². The second-order valence-corrected chi connectivity index (χ2v) is 6.79. The maximum absolute atomic E-state index is 12.3. The van der Waals surface area contributed by atoms with Crippen molar-refractivity contribution < 1.29 is 19.1 Å². The number of hydrogen-bond acceptors (Lipinski definition) is 4. The fourth-order valence-electron chi connectivity index (χ4n) is 3.03. The third-order valence-corrected chi connectivity index (χ3v) is 4.44. The van der Waals surface area contributed by atoms with Crippen molar-refractivity contribution in [2.45, 2.75) is 19.4 Å². The van der Waals surface area contributed by atoms with Gasteiger partial charge in [0.1, 0.15) is 17.2 Å². The zero-order valence-electron chi connectivity index (χ0n) is 15.8. The van der Waals surface area contributed by atoms with Crippen LogP contribution in [0.4, 0.5) is 11.4 Å². The van der Waals surface area contributed by atoms with E-state index in [1.165, 1.54) is 0 Å². The number of hydrogen-bond donors (Lipinski definition) is 2. The van der Waals surface area contributed by atoms with Gasteiger partial charge in [0.25, 0.3) is 5.91 Å². The smallest absolute Gasteiger partial charge is 0.266 e. The van der Waals surface area contributed by atoms with Crippen LogP contribution in [0.2, 0.25) is 0 Å². The monoisotopic (exact) mass is 388 g/mol. The molecular weight excluding hydrogens is 368 g/mol. The molecule has 29 heavy (non-hydrogen) atoms. The maximum Gasteiger partial charge on any atom is 0.266 e. The summed E-state index contributed by atoms with van der Waals surface area (Å²) in [5.41, 5.74) is 2.34. The third-order valence-electron chi connectivity index (χ3n) is 4.44. The second kappa shape index (κ2) is 8.06. The number of carbonyl (C=O) groups is 2. The van der Waals surface area contributed by atoms with Gasteiger partial charge < -0.3 is 20.1 Å². The Bertz CT molecular complexity index is 1050. The first kappa shape index (κ1) is 18.6. The van der Waals surface area contributed by atoms with Gasteiger partial charge in [-0.25, -0.2) is 0 Å². The van der Waals surface area contributed by atoms with Crippen LogP contribution >= 0.6 is 0 Å². The van der Waals surface area contributed by atoms with Crippen molar-refractivity contribution >= 4 is 23.2 Å². The summed E-state index contributed by atoms with van der Waals surface area (Å²) in [7, 11) is 0. The molecule has 1 aliphatic rings. The Kier molecular flexibility index (Phi) is 5.16. The van der Waals surface area contributed by atoms with Crippen molar-refractivity contribution in [1.29, 1.82) is 0 Å². The van der Waals surface area contributed by atoms with E-state index in [9.17, 15) is 9.59 Å². The van der Waals surface area contributed by atoms with Crippen LogP contribution in [-0.2, 0) is 9.59 Å². The number of aryl methyl sites for hydroxylation is 1. The highest BCUT2D eigenvalue weighted by Gasteiger charge is 2.29. The molecule has 146 valence electrons. The van der Waals surface area contributed by atoms with Gasteiger partial charge in [0.05, 0.1) is 12.1 Å². The number of fused-ring (bicyclic) bond motifs is 1. The van der Waals surface area contributed by atoms with Gasteiger partial charge >= 0.3 is 0 Å². The summed E-state index contributed by atoms with van der Waals surface area (Å²) in [6.07, 6.45) is -0.948. The van der Waals surface area contributed by atoms with Crippen LogP contribution in [0, 0.1) is 6.92 Å². The molecule has 0 spiro atoms. The molecule has 1 aliphatic heterocycles. The van der Waals surface area contributed by atoms with Gasteiger partial charge in [-0.05, 0) is 61.0 Å². The molecule has 0 fully saturated rings. The normalized spacial score (nSPS) is 14.9. The molecule has 6 nitrogen and oxygen atoms in total. The lowest BCUT2D eigenvalue weighted by Gasteiger charge is -2.25. The molecule has 1 heterocycles. The summed E-state index contributed by atoms with van der Waals surface area (Å²) in [4.78, 5) is 24.5. The zero-order valence-corrected chi connectivity index (χ0v) is 15.8. The average molecular weight is 388 g/mol. The number of benzene rings is 3. The molecule has 0 aromatic heterocycles. The molecule has 1 atom stereocenters. The minimum absolute atomic E-state index is 0.0816. The van der Waals surface area contributed by atoms with Gasteiger partial charge in [-0.2, -0.15) is 0 Å². The van der Waals surface area contributed by atoms with Gasteiger partial charge in [0.2, 0.25) is 5.91 Å². The third kappa shape index (κ3) is 4.55. The van der Waals surface area contributed by atoms with Gasteiger partial charge in [-0.3, -0.25) is 9.59 Å². The molecule has 0 unspecified atom stereocenters. The van der Waals surface area contributed by atoms with Crippen molar-refractivity contribution in [2.24, 2.45) is 0 Å².